The van der Waals surface area contributed by atoms with Crippen molar-refractivity contribution in [2.45, 2.75) is 13.0 Å². The number of halogens is 1. The fourth-order valence-electron chi connectivity index (χ4n) is 1.98. The topological polar surface area (TPSA) is 74.2 Å². The summed E-state index contributed by atoms with van der Waals surface area (Å²) in [4.78, 5) is 16.0. The molecule has 5 nitrogen and oxygen atoms in total. The van der Waals surface area contributed by atoms with Crippen molar-refractivity contribution < 1.29 is 9.90 Å². The number of aliphatic hydroxyl groups excluding tert-OH is 1. The molecule has 0 aliphatic rings. The molecule has 0 atom stereocenters. The van der Waals surface area contributed by atoms with Crippen LogP contribution in [-0.2, 0) is 17.8 Å². The SMILES string of the molecule is O=C(CNc1ncc(Br)cc1CO)NCCc1ccccc1. The maximum Gasteiger partial charge on any atom is 0.239 e. The first-order valence-corrected chi connectivity index (χ1v) is 7.78. The number of carbonyl (C=O) groups is 1. The minimum absolute atomic E-state index is 0.107. The van der Waals surface area contributed by atoms with E-state index in [1.165, 1.54) is 5.56 Å². The third kappa shape index (κ3) is 5.13. The Kier molecular flexibility index (Phi) is 6.36. The van der Waals surface area contributed by atoms with Gasteiger partial charge >= 0.3 is 0 Å². The van der Waals surface area contributed by atoms with Gasteiger partial charge in [-0.25, -0.2) is 4.98 Å². The molecule has 1 amide bonds. The Morgan fingerprint density at radius 3 is 2.77 bits per heavy atom. The highest BCUT2D eigenvalue weighted by Crippen LogP contribution is 2.17. The second-order valence-corrected chi connectivity index (χ2v) is 5.67. The van der Waals surface area contributed by atoms with E-state index in [9.17, 15) is 9.90 Å². The molecule has 0 unspecified atom stereocenters. The van der Waals surface area contributed by atoms with Crippen molar-refractivity contribution in [3.63, 3.8) is 0 Å². The molecule has 0 radical (unpaired) electrons. The highest BCUT2D eigenvalue weighted by molar-refractivity contribution is 9.10. The van der Waals surface area contributed by atoms with Crippen LogP contribution in [0.5, 0.6) is 0 Å². The van der Waals surface area contributed by atoms with Crippen LogP contribution in [0.2, 0.25) is 0 Å². The van der Waals surface area contributed by atoms with E-state index in [-0.39, 0.29) is 19.1 Å². The number of hydrogen-bond acceptors (Lipinski definition) is 4. The molecule has 3 N–H and O–H groups in total. The van der Waals surface area contributed by atoms with Crippen LogP contribution in [0.25, 0.3) is 0 Å². The van der Waals surface area contributed by atoms with E-state index in [1.807, 2.05) is 30.3 Å². The standard InChI is InChI=1S/C16H18BrN3O2/c17-14-8-13(11-21)16(19-9-14)20-10-15(22)18-7-6-12-4-2-1-3-5-12/h1-5,8-9,21H,6-7,10-11H2,(H,18,22)(H,19,20). The zero-order chi connectivity index (χ0) is 15.8. The first kappa shape index (κ1) is 16.5. The molecule has 0 spiro atoms. The van der Waals surface area contributed by atoms with Gasteiger partial charge in [-0.3, -0.25) is 4.79 Å². The quantitative estimate of drug-likeness (QED) is 0.704. The molecule has 2 rings (SSSR count). The van der Waals surface area contributed by atoms with Crippen molar-refractivity contribution in [1.82, 2.24) is 10.3 Å². The molecule has 2 aromatic rings. The van der Waals surface area contributed by atoms with Crippen LogP contribution in [0.4, 0.5) is 5.82 Å². The molecule has 0 fully saturated rings. The maximum absolute atomic E-state index is 11.8. The normalized spacial score (nSPS) is 10.3. The lowest BCUT2D eigenvalue weighted by atomic mass is 10.1. The molecule has 0 aliphatic heterocycles. The summed E-state index contributed by atoms with van der Waals surface area (Å²) < 4.78 is 0.786. The smallest absolute Gasteiger partial charge is 0.239 e. The molecule has 0 bridgehead atoms. The molecule has 116 valence electrons. The van der Waals surface area contributed by atoms with Crippen molar-refractivity contribution in [2.75, 3.05) is 18.4 Å². The van der Waals surface area contributed by atoms with Crippen LogP contribution in [0, 0.1) is 0 Å². The van der Waals surface area contributed by atoms with E-state index < -0.39 is 0 Å². The second-order valence-electron chi connectivity index (χ2n) is 4.76. The van der Waals surface area contributed by atoms with E-state index in [1.54, 1.807) is 12.3 Å². The Labute approximate surface area is 137 Å². The average Bonchev–Trinajstić information content (AvgIpc) is 2.54. The number of hydrogen-bond donors (Lipinski definition) is 3. The van der Waals surface area contributed by atoms with Crippen LogP contribution >= 0.6 is 15.9 Å². The number of aliphatic hydroxyl groups is 1. The fourth-order valence-corrected chi connectivity index (χ4v) is 2.36. The van der Waals surface area contributed by atoms with Gasteiger partial charge in [0.25, 0.3) is 0 Å². The summed E-state index contributed by atoms with van der Waals surface area (Å²) in [6.07, 6.45) is 2.42. The van der Waals surface area contributed by atoms with Crippen LogP contribution in [-0.4, -0.2) is 29.1 Å². The van der Waals surface area contributed by atoms with E-state index in [2.05, 4.69) is 31.5 Å². The van der Waals surface area contributed by atoms with Gasteiger partial charge in [0.1, 0.15) is 5.82 Å². The summed E-state index contributed by atoms with van der Waals surface area (Å²) in [5.74, 6) is 0.411. The number of anilines is 1. The molecular weight excluding hydrogens is 346 g/mol. The Morgan fingerprint density at radius 1 is 1.27 bits per heavy atom. The van der Waals surface area contributed by atoms with E-state index in [0.29, 0.717) is 17.9 Å². The van der Waals surface area contributed by atoms with Crippen LogP contribution in [0.3, 0.4) is 0 Å². The number of aromatic nitrogens is 1. The lowest BCUT2D eigenvalue weighted by Crippen LogP contribution is -2.31. The summed E-state index contributed by atoms with van der Waals surface area (Å²) >= 11 is 3.29. The average molecular weight is 364 g/mol. The number of carbonyl (C=O) groups excluding carboxylic acids is 1. The third-order valence-electron chi connectivity index (χ3n) is 3.10. The number of amides is 1. The van der Waals surface area contributed by atoms with Crippen molar-refractivity contribution in [3.8, 4) is 0 Å². The van der Waals surface area contributed by atoms with Gasteiger partial charge in [0.05, 0.1) is 13.2 Å². The highest BCUT2D eigenvalue weighted by atomic mass is 79.9. The minimum atomic E-state index is -0.135. The molecular formula is C16H18BrN3O2. The first-order chi connectivity index (χ1) is 10.7. The largest absolute Gasteiger partial charge is 0.392 e. The van der Waals surface area contributed by atoms with Gasteiger partial charge in [0.2, 0.25) is 5.91 Å². The molecule has 1 aromatic heterocycles. The molecule has 0 saturated carbocycles. The lowest BCUT2D eigenvalue weighted by Gasteiger charge is -2.10. The monoisotopic (exact) mass is 363 g/mol. The van der Waals surface area contributed by atoms with Gasteiger partial charge in [-0.2, -0.15) is 0 Å². The number of nitrogens with one attached hydrogen (secondary N) is 2. The third-order valence-corrected chi connectivity index (χ3v) is 3.53. The summed E-state index contributed by atoms with van der Waals surface area (Å²) in [6.45, 7) is 0.575. The van der Waals surface area contributed by atoms with Gasteiger partial charge < -0.3 is 15.7 Å². The summed E-state index contributed by atoms with van der Waals surface area (Å²) in [6, 6.07) is 11.8. The van der Waals surface area contributed by atoms with Crippen molar-refractivity contribution >= 4 is 27.7 Å². The summed E-state index contributed by atoms with van der Waals surface area (Å²) in [5, 5.41) is 15.1. The predicted molar refractivity (Wildman–Crippen MR) is 89.5 cm³/mol. The Balaban J connectivity index is 1.76. The fraction of sp³-hybridized carbons (Fsp3) is 0.250. The van der Waals surface area contributed by atoms with Crippen LogP contribution in [0.1, 0.15) is 11.1 Å². The first-order valence-electron chi connectivity index (χ1n) is 6.99. The zero-order valence-electron chi connectivity index (χ0n) is 12.1. The van der Waals surface area contributed by atoms with Gasteiger partial charge in [-0.1, -0.05) is 30.3 Å². The Hall–Kier alpha value is -1.92. The van der Waals surface area contributed by atoms with Crippen LogP contribution in [0.15, 0.2) is 47.1 Å². The maximum atomic E-state index is 11.8. The Bertz CT molecular complexity index is 620. The van der Waals surface area contributed by atoms with E-state index in [4.69, 9.17) is 0 Å². The summed E-state index contributed by atoms with van der Waals surface area (Å²) in [7, 11) is 0. The number of nitrogens with zero attached hydrogens (tertiary/aromatic N) is 1. The van der Waals surface area contributed by atoms with Gasteiger partial charge in [-0.05, 0) is 34.0 Å². The van der Waals surface area contributed by atoms with Crippen molar-refractivity contribution in [2.24, 2.45) is 0 Å². The van der Waals surface area contributed by atoms with Crippen molar-refractivity contribution in [1.29, 1.82) is 0 Å². The Morgan fingerprint density at radius 2 is 2.05 bits per heavy atom. The number of pyridine rings is 1. The summed E-state index contributed by atoms with van der Waals surface area (Å²) in [5.41, 5.74) is 1.83. The lowest BCUT2D eigenvalue weighted by molar-refractivity contribution is -0.119. The van der Waals surface area contributed by atoms with Gasteiger partial charge in [0, 0.05) is 22.8 Å². The van der Waals surface area contributed by atoms with E-state index in [0.717, 1.165) is 10.9 Å². The minimum Gasteiger partial charge on any atom is -0.392 e. The molecule has 0 saturated heterocycles. The molecule has 1 aromatic carbocycles. The van der Waals surface area contributed by atoms with Gasteiger partial charge in [0.15, 0.2) is 0 Å². The predicted octanol–water partition coefficient (Wildman–Crippen LogP) is 2.11. The van der Waals surface area contributed by atoms with Crippen LogP contribution < -0.4 is 10.6 Å². The van der Waals surface area contributed by atoms with E-state index >= 15 is 0 Å². The molecule has 6 heteroatoms. The van der Waals surface area contributed by atoms with Gasteiger partial charge in [-0.15, -0.1) is 0 Å². The molecule has 0 aliphatic carbocycles. The molecule has 1 heterocycles. The highest BCUT2D eigenvalue weighted by Gasteiger charge is 2.06. The number of benzene rings is 1. The molecule has 22 heavy (non-hydrogen) atoms. The zero-order valence-corrected chi connectivity index (χ0v) is 13.6. The number of rotatable bonds is 7. The second kappa shape index (κ2) is 8.51. The van der Waals surface area contributed by atoms with Crippen molar-refractivity contribution in [3.05, 3.63) is 58.2 Å².